The van der Waals surface area contributed by atoms with Crippen LogP contribution in [0.15, 0.2) is 42.4 Å². The second-order valence-corrected chi connectivity index (χ2v) is 8.58. The maximum absolute atomic E-state index is 14.4. The summed E-state index contributed by atoms with van der Waals surface area (Å²) < 4.78 is 21.4. The number of thiazole rings is 1. The van der Waals surface area contributed by atoms with E-state index in [1.54, 1.807) is 29.9 Å². The minimum atomic E-state index is -0.516. The van der Waals surface area contributed by atoms with Crippen molar-refractivity contribution >= 4 is 28.9 Å². The number of hydrogen-bond acceptors (Lipinski definition) is 9. The summed E-state index contributed by atoms with van der Waals surface area (Å²) in [7, 11) is 0. The van der Waals surface area contributed by atoms with Crippen LogP contribution in [0.4, 0.5) is 10.3 Å². The van der Waals surface area contributed by atoms with Gasteiger partial charge >= 0.3 is 0 Å². The maximum atomic E-state index is 14.4. The summed E-state index contributed by atoms with van der Waals surface area (Å²) in [5.74, 6) is 0.959. The van der Waals surface area contributed by atoms with Crippen LogP contribution in [0.5, 0.6) is 5.75 Å². The van der Waals surface area contributed by atoms with Crippen molar-refractivity contribution in [1.29, 1.82) is 0 Å². The van der Waals surface area contributed by atoms with E-state index in [9.17, 15) is 4.39 Å². The molecular weight excluding hydrogens is 455 g/mol. The highest BCUT2D eigenvalue weighted by atomic mass is 35.5. The predicted molar refractivity (Wildman–Crippen MR) is 117 cm³/mol. The van der Waals surface area contributed by atoms with Gasteiger partial charge in [-0.1, -0.05) is 16.8 Å². The van der Waals surface area contributed by atoms with E-state index in [1.807, 2.05) is 5.38 Å². The lowest BCUT2D eigenvalue weighted by molar-refractivity contribution is 0.284. The first-order valence-corrected chi connectivity index (χ1v) is 11.2. The molecule has 4 aromatic heterocycles. The van der Waals surface area contributed by atoms with Crippen molar-refractivity contribution in [3.63, 3.8) is 0 Å². The molecule has 0 amide bonds. The average molecular weight is 473 g/mol. The predicted octanol–water partition coefficient (Wildman–Crippen LogP) is 3.66. The molecule has 5 rings (SSSR count). The largest absolute Gasteiger partial charge is 0.483 e. The standard InChI is InChI=1S/C20H18ClFN8OS/c21-14-8-24-20(25-9-14)29-4-1-13(2-5-29)19-27-15(12-32-19)11-31-17-10-23-18(7-16(17)22)30-6-3-26-28-30/h3,6-10,12-13H,1-2,4-5,11H2. The van der Waals surface area contributed by atoms with Crippen molar-refractivity contribution in [3.05, 3.63) is 64.0 Å². The number of pyridine rings is 1. The van der Waals surface area contributed by atoms with Crippen LogP contribution >= 0.6 is 22.9 Å². The Morgan fingerprint density at radius 2 is 1.97 bits per heavy atom. The lowest BCUT2D eigenvalue weighted by Gasteiger charge is -2.31. The van der Waals surface area contributed by atoms with Gasteiger partial charge < -0.3 is 9.64 Å². The molecule has 0 radical (unpaired) electrons. The summed E-state index contributed by atoms with van der Waals surface area (Å²) in [6, 6.07) is 1.26. The number of halogens is 2. The third kappa shape index (κ3) is 4.53. The molecule has 1 saturated heterocycles. The Bertz CT molecular complexity index is 1180. The van der Waals surface area contributed by atoms with Crippen LogP contribution in [0.2, 0.25) is 5.02 Å². The number of aromatic nitrogens is 7. The van der Waals surface area contributed by atoms with Crippen LogP contribution in [0.25, 0.3) is 5.82 Å². The van der Waals surface area contributed by atoms with Crippen LogP contribution < -0.4 is 9.64 Å². The van der Waals surface area contributed by atoms with E-state index >= 15 is 0 Å². The quantitative estimate of drug-likeness (QED) is 0.419. The first-order valence-electron chi connectivity index (χ1n) is 9.97. The van der Waals surface area contributed by atoms with Crippen molar-refractivity contribution in [3.8, 4) is 11.6 Å². The second kappa shape index (κ2) is 9.13. The molecule has 1 fully saturated rings. The van der Waals surface area contributed by atoms with Gasteiger partial charge in [0.05, 0.1) is 46.7 Å². The molecule has 12 heteroatoms. The fourth-order valence-corrected chi connectivity index (χ4v) is 4.57. The van der Waals surface area contributed by atoms with Gasteiger partial charge in [-0.3, -0.25) is 0 Å². The number of ether oxygens (including phenoxy) is 1. The summed E-state index contributed by atoms with van der Waals surface area (Å²) in [6.07, 6.45) is 9.58. The van der Waals surface area contributed by atoms with Crippen LogP contribution in [-0.4, -0.2) is 48.0 Å². The van der Waals surface area contributed by atoms with Crippen molar-refractivity contribution < 1.29 is 9.13 Å². The summed E-state index contributed by atoms with van der Waals surface area (Å²) in [6.45, 7) is 1.88. The highest BCUT2D eigenvalue weighted by Gasteiger charge is 2.24. The Labute approximate surface area is 191 Å². The molecular formula is C20H18ClFN8OS. The van der Waals surface area contributed by atoms with E-state index in [2.05, 4.69) is 30.2 Å². The van der Waals surface area contributed by atoms with E-state index < -0.39 is 5.82 Å². The lowest BCUT2D eigenvalue weighted by Crippen LogP contribution is -2.34. The monoisotopic (exact) mass is 472 g/mol. The molecule has 1 aliphatic rings. The van der Waals surface area contributed by atoms with Crippen molar-refractivity contribution in [2.45, 2.75) is 25.4 Å². The van der Waals surface area contributed by atoms with E-state index in [4.69, 9.17) is 21.3 Å². The molecule has 0 aliphatic carbocycles. The van der Waals surface area contributed by atoms with Gasteiger partial charge in [0.2, 0.25) is 5.95 Å². The molecule has 164 valence electrons. The van der Waals surface area contributed by atoms with Gasteiger partial charge in [-0.15, -0.1) is 16.4 Å². The third-order valence-electron chi connectivity index (χ3n) is 5.14. The van der Waals surface area contributed by atoms with E-state index in [0.717, 1.165) is 36.6 Å². The number of rotatable bonds is 6. The second-order valence-electron chi connectivity index (χ2n) is 7.25. The SMILES string of the molecule is Fc1cc(-n2ccnn2)ncc1OCc1csc(C2CCN(c3ncc(Cl)cn3)CC2)n1. The van der Waals surface area contributed by atoms with Crippen molar-refractivity contribution in [2.24, 2.45) is 0 Å². The van der Waals surface area contributed by atoms with Crippen molar-refractivity contribution in [2.75, 3.05) is 18.0 Å². The molecule has 0 atom stereocenters. The number of nitrogens with zero attached hydrogens (tertiary/aromatic N) is 8. The smallest absolute Gasteiger partial charge is 0.225 e. The van der Waals surface area contributed by atoms with Gasteiger partial charge in [-0.2, -0.15) is 0 Å². The molecule has 0 aromatic carbocycles. The molecule has 0 bridgehead atoms. The van der Waals surface area contributed by atoms with Crippen LogP contribution in [0, 0.1) is 5.82 Å². The molecule has 0 N–H and O–H groups in total. The normalized spacial score (nSPS) is 14.6. The molecule has 32 heavy (non-hydrogen) atoms. The van der Waals surface area contributed by atoms with Crippen molar-refractivity contribution in [1.82, 2.24) is 34.9 Å². The zero-order chi connectivity index (χ0) is 21.9. The first-order chi connectivity index (χ1) is 15.7. The Morgan fingerprint density at radius 3 is 2.69 bits per heavy atom. The lowest BCUT2D eigenvalue weighted by atomic mass is 9.98. The molecule has 0 saturated carbocycles. The highest BCUT2D eigenvalue weighted by molar-refractivity contribution is 7.09. The third-order valence-corrected chi connectivity index (χ3v) is 6.39. The molecule has 4 aromatic rings. The molecule has 1 aliphatic heterocycles. The van der Waals surface area contributed by atoms with Crippen LogP contribution in [0.3, 0.4) is 0 Å². The topological polar surface area (TPSA) is 94.7 Å². The number of piperidine rings is 1. The maximum Gasteiger partial charge on any atom is 0.225 e. The summed E-state index contributed by atoms with van der Waals surface area (Å²) in [5.41, 5.74) is 0.771. The number of anilines is 1. The average Bonchev–Trinajstić information content (AvgIpc) is 3.52. The fraction of sp³-hybridized carbons (Fsp3) is 0.300. The Morgan fingerprint density at radius 1 is 1.16 bits per heavy atom. The van der Waals surface area contributed by atoms with E-state index in [-0.39, 0.29) is 12.4 Å². The van der Waals surface area contributed by atoms with Crippen LogP contribution in [0.1, 0.15) is 29.5 Å². The fourth-order valence-electron chi connectivity index (χ4n) is 3.49. The molecule has 0 spiro atoms. The first kappa shape index (κ1) is 20.7. The number of hydrogen-bond donors (Lipinski definition) is 0. The zero-order valence-electron chi connectivity index (χ0n) is 16.8. The summed E-state index contributed by atoms with van der Waals surface area (Å²) >= 11 is 7.48. The Kier molecular flexibility index (Phi) is 5.91. The Balaban J connectivity index is 1.17. The highest BCUT2D eigenvalue weighted by Crippen LogP contribution is 2.31. The minimum absolute atomic E-state index is 0.0692. The minimum Gasteiger partial charge on any atom is -0.483 e. The van der Waals surface area contributed by atoms with Gasteiger partial charge in [0.25, 0.3) is 0 Å². The van der Waals surface area contributed by atoms with E-state index in [1.165, 1.54) is 23.1 Å². The molecule has 5 heterocycles. The van der Waals surface area contributed by atoms with Gasteiger partial charge in [0.15, 0.2) is 17.4 Å². The summed E-state index contributed by atoms with van der Waals surface area (Å²) in [4.78, 5) is 19.6. The Hall–Kier alpha value is -3.18. The molecule has 9 nitrogen and oxygen atoms in total. The van der Waals surface area contributed by atoms with Gasteiger partial charge in [0.1, 0.15) is 6.61 Å². The van der Waals surface area contributed by atoms with E-state index in [0.29, 0.717) is 22.7 Å². The summed E-state index contributed by atoms with van der Waals surface area (Å²) in [5, 5.41) is 11.0. The van der Waals surface area contributed by atoms with Gasteiger partial charge in [-0.05, 0) is 12.8 Å². The van der Waals surface area contributed by atoms with Crippen LogP contribution in [-0.2, 0) is 6.61 Å². The van der Waals surface area contributed by atoms with Gasteiger partial charge in [0, 0.05) is 30.5 Å². The van der Waals surface area contributed by atoms with Gasteiger partial charge in [-0.25, -0.2) is 29.0 Å². The zero-order valence-corrected chi connectivity index (χ0v) is 18.4. The molecule has 0 unspecified atom stereocenters.